The number of oxazole rings is 1. The predicted octanol–water partition coefficient (Wildman–Crippen LogP) is 2.31. The molecule has 0 aliphatic carbocycles. The van der Waals surface area contributed by atoms with Gasteiger partial charge >= 0.3 is 5.97 Å². The van der Waals surface area contributed by atoms with E-state index in [0.29, 0.717) is 17.0 Å². The van der Waals surface area contributed by atoms with Crippen LogP contribution in [0.25, 0.3) is 17.0 Å². The largest absolute Gasteiger partial charge is 0.461 e. The third kappa shape index (κ3) is 1.93. The van der Waals surface area contributed by atoms with Crippen LogP contribution in [0.5, 0.6) is 0 Å². The summed E-state index contributed by atoms with van der Waals surface area (Å²) in [5.41, 5.74) is 0.964. The summed E-state index contributed by atoms with van der Waals surface area (Å²) in [5.74, 6) is -0.711. The Morgan fingerprint density at radius 3 is 3.05 bits per heavy atom. The second-order valence-corrected chi connectivity index (χ2v) is 4.00. The van der Waals surface area contributed by atoms with Crippen LogP contribution in [-0.2, 0) is 4.74 Å². The summed E-state index contributed by atoms with van der Waals surface area (Å²) in [4.78, 5) is 19.7. The van der Waals surface area contributed by atoms with Gasteiger partial charge in [-0.15, -0.1) is 0 Å². The van der Waals surface area contributed by atoms with Crippen molar-refractivity contribution in [2.45, 2.75) is 6.92 Å². The van der Waals surface area contributed by atoms with E-state index in [1.54, 1.807) is 6.92 Å². The van der Waals surface area contributed by atoms with Crippen LogP contribution in [0.1, 0.15) is 17.4 Å². The maximum atomic E-state index is 13.7. The molecular weight excluding hydrogens is 265 g/mol. The molecule has 3 heterocycles. The van der Waals surface area contributed by atoms with E-state index in [0.717, 1.165) is 0 Å². The summed E-state index contributed by atoms with van der Waals surface area (Å²) < 4.78 is 25.1. The highest BCUT2D eigenvalue weighted by Gasteiger charge is 2.18. The highest BCUT2D eigenvalue weighted by atomic mass is 19.1. The van der Waals surface area contributed by atoms with Gasteiger partial charge in [0.2, 0.25) is 0 Å². The average molecular weight is 275 g/mol. The summed E-state index contributed by atoms with van der Waals surface area (Å²) in [7, 11) is 0. The van der Waals surface area contributed by atoms with Gasteiger partial charge in [-0.2, -0.15) is 0 Å². The smallest absolute Gasteiger partial charge is 0.356 e. The van der Waals surface area contributed by atoms with Gasteiger partial charge in [-0.05, 0) is 13.0 Å². The highest BCUT2D eigenvalue weighted by molar-refractivity contribution is 5.89. The van der Waals surface area contributed by atoms with E-state index in [2.05, 4.69) is 9.97 Å². The third-order valence-electron chi connectivity index (χ3n) is 2.75. The summed E-state index contributed by atoms with van der Waals surface area (Å²) in [5, 5.41) is 0. The first-order valence-corrected chi connectivity index (χ1v) is 5.93. The number of hydrogen-bond acceptors (Lipinski definition) is 5. The van der Waals surface area contributed by atoms with Gasteiger partial charge in [-0.1, -0.05) is 0 Å². The van der Waals surface area contributed by atoms with E-state index in [1.165, 1.54) is 35.5 Å². The zero-order valence-electron chi connectivity index (χ0n) is 10.5. The van der Waals surface area contributed by atoms with Crippen molar-refractivity contribution in [3.05, 3.63) is 42.6 Å². The molecule has 0 saturated heterocycles. The van der Waals surface area contributed by atoms with Crippen LogP contribution in [0.4, 0.5) is 4.39 Å². The number of hydrogen-bond donors (Lipinski definition) is 0. The minimum atomic E-state index is -0.561. The number of fused-ring (bicyclic) bond motifs is 1. The van der Waals surface area contributed by atoms with E-state index in [-0.39, 0.29) is 12.3 Å². The monoisotopic (exact) mass is 275 g/mol. The van der Waals surface area contributed by atoms with E-state index < -0.39 is 11.8 Å². The van der Waals surface area contributed by atoms with Crippen molar-refractivity contribution >= 4 is 11.6 Å². The van der Waals surface area contributed by atoms with Crippen molar-refractivity contribution < 1.29 is 18.3 Å². The van der Waals surface area contributed by atoms with E-state index >= 15 is 0 Å². The zero-order chi connectivity index (χ0) is 14.1. The second-order valence-electron chi connectivity index (χ2n) is 4.00. The van der Waals surface area contributed by atoms with Crippen molar-refractivity contribution in [2.75, 3.05) is 6.61 Å². The molecule has 102 valence electrons. The van der Waals surface area contributed by atoms with Gasteiger partial charge in [-0.25, -0.2) is 19.2 Å². The third-order valence-corrected chi connectivity index (χ3v) is 2.75. The molecule has 0 fully saturated rings. The van der Waals surface area contributed by atoms with Gasteiger partial charge in [0.25, 0.3) is 0 Å². The number of pyridine rings is 1. The number of nitrogens with zero attached hydrogens (tertiary/aromatic N) is 3. The lowest BCUT2D eigenvalue weighted by molar-refractivity contribution is 0.0518. The number of esters is 1. The highest BCUT2D eigenvalue weighted by Crippen LogP contribution is 2.25. The van der Waals surface area contributed by atoms with Crippen LogP contribution in [0.3, 0.4) is 0 Å². The Morgan fingerprint density at radius 1 is 1.50 bits per heavy atom. The Bertz CT molecular complexity index is 765. The lowest BCUT2D eigenvalue weighted by Gasteiger charge is -2.04. The summed E-state index contributed by atoms with van der Waals surface area (Å²) in [6, 6.07) is 1.28. The molecule has 6 nitrogen and oxygen atoms in total. The Kier molecular flexibility index (Phi) is 2.94. The predicted molar refractivity (Wildman–Crippen MR) is 66.6 cm³/mol. The molecule has 0 atom stereocenters. The fourth-order valence-electron chi connectivity index (χ4n) is 1.94. The summed E-state index contributed by atoms with van der Waals surface area (Å²) >= 11 is 0. The maximum Gasteiger partial charge on any atom is 0.356 e. The van der Waals surface area contributed by atoms with Crippen LogP contribution in [-0.4, -0.2) is 26.9 Å². The SMILES string of the molecule is CCOC(=O)c1cnc2c(-c3cnco3)cc(F)cn12. The van der Waals surface area contributed by atoms with E-state index in [1.807, 2.05) is 0 Å². The molecule has 0 aliphatic heterocycles. The number of carbonyl (C=O) groups excluding carboxylic acids is 1. The summed E-state index contributed by atoms with van der Waals surface area (Å²) in [6.45, 7) is 1.93. The van der Waals surface area contributed by atoms with Crippen LogP contribution >= 0.6 is 0 Å². The van der Waals surface area contributed by atoms with Crippen molar-refractivity contribution in [1.82, 2.24) is 14.4 Å². The summed E-state index contributed by atoms with van der Waals surface area (Å²) in [6.07, 6.45) is 5.21. The molecule has 7 heteroatoms. The van der Waals surface area contributed by atoms with Crippen LogP contribution in [0.15, 0.2) is 35.5 Å². The molecule has 3 aromatic heterocycles. The zero-order valence-corrected chi connectivity index (χ0v) is 10.5. The molecule has 0 N–H and O–H groups in total. The number of aromatic nitrogens is 3. The fourth-order valence-corrected chi connectivity index (χ4v) is 1.94. The van der Waals surface area contributed by atoms with Gasteiger partial charge in [-0.3, -0.25) is 4.40 Å². The molecule has 0 saturated carbocycles. The Hall–Kier alpha value is -2.70. The van der Waals surface area contributed by atoms with E-state index in [4.69, 9.17) is 9.15 Å². The number of halogens is 1. The lowest BCUT2D eigenvalue weighted by Crippen LogP contribution is -2.08. The molecule has 0 bridgehead atoms. The molecular formula is C13H10FN3O3. The average Bonchev–Trinajstić information content (AvgIpc) is 3.07. The molecule has 0 spiro atoms. The van der Waals surface area contributed by atoms with Crippen molar-refractivity contribution in [1.29, 1.82) is 0 Å². The van der Waals surface area contributed by atoms with Gasteiger partial charge in [0, 0.05) is 6.20 Å². The molecule has 0 radical (unpaired) electrons. The van der Waals surface area contributed by atoms with Crippen LogP contribution < -0.4 is 0 Å². The number of rotatable bonds is 3. The van der Waals surface area contributed by atoms with Gasteiger partial charge in [0.05, 0.1) is 24.6 Å². The Balaban J connectivity index is 2.22. The molecule has 0 aliphatic rings. The van der Waals surface area contributed by atoms with Crippen molar-refractivity contribution in [3.63, 3.8) is 0 Å². The van der Waals surface area contributed by atoms with Crippen molar-refractivity contribution in [2.24, 2.45) is 0 Å². The minimum absolute atomic E-state index is 0.155. The van der Waals surface area contributed by atoms with Crippen molar-refractivity contribution in [3.8, 4) is 11.3 Å². The quantitative estimate of drug-likeness (QED) is 0.686. The van der Waals surface area contributed by atoms with Gasteiger partial charge in [0.15, 0.2) is 17.8 Å². The molecule has 0 amide bonds. The first-order chi connectivity index (χ1) is 9.70. The van der Waals surface area contributed by atoms with Crippen LogP contribution in [0, 0.1) is 5.82 Å². The topological polar surface area (TPSA) is 69.6 Å². The van der Waals surface area contributed by atoms with Gasteiger partial charge in [0.1, 0.15) is 11.5 Å². The lowest BCUT2D eigenvalue weighted by atomic mass is 10.2. The van der Waals surface area contributed by atoms with E-state index in [9.17, 15) is 9.18 Å². The standard InChI is InChI=1S/C13H10FN3O3/c1-2-19-13(18)10-4-16-12-9(11-5-15-7-20-11)3-8(14)6-17(10)12/h3-7H,2H2,1H3. The Morgan fingerprint density at radius 2 is 2.35 bits per heavy atom. The molecule has 0 unspecified atom stereocenters. The minimum Gasteiger partial charge on any atom is -0.461 e. The molecule has 0 aromatic carbocycles. The molecule has 3 rings (SSSR count). The maximum absolute atomic E-state index is 13.7. The fraction of sp³-hybridized carbons (Fsp3) is 0.154. The molecule has 20 heavy (non-hydrogen) atoms. The Labute approximate surface area is 112 Å². The normalized spacial score (nSPS) is 10.9. The number of imidazole rings is 1. The van der Waals surface area contributed by atoms with Crippen LogP contribution in [0.2, 0.25) is 0 Å². The second kappa shape index (κ2) is 4.76. The molecule has 3 aromatic rings. The number of carbonyl (C=O) groups is 1. The first-order valence-electron chi connectivity index (χ1n) is 5.93. The van der Waals surface area contributed by atoms with Gasteiger partial charge < -0.3 is 9.15 Å². The first kappa shape index (κ1) is 12.3. The number of ether oxygens (including phenoxy) is 1.